The van der Waals surface area contributed by atoms with Crippen molar-refractivity contribution in [3.63, 3.8) is 0 Å². The molecule has 2 heterocycles. The number of benzene rings is 2. The maximum absolute atomic E-state index is 13.5. The Bertz CT molecular complexity index is 1370. The molecule has 0 unspecified atom stereocenters. The number of methoxy groups -OCH3 is 1. The molecule has 11 heteroatoms. The third-order valence-electron chi connectivity index (χ3n) is 4.69. The SMILES string of the molecule is COc1ccc(C(=O)CSc2nnc(Cc3cc(=O)[nH]c(=O)[nH]3)n2-c2ccc(F)cc2)cc1. The Balaban J connectivity index is 1.62. The summed E-state index contributed by atoms with van der Waals surface area (Å²) in [6.07, 6.45) is 0.0938. The topological polar surface area (TPSA) is 123 Å². The molecule has 0 aliphatic rings. The second-order valence-corrected chi connectivity index (χ2v) is 7.88. The molecule has 168 valence electrons. The van der Waals surface area contributed by atoms with Crippen LogP contribution in [-0.4, -0.2) is 43.4 Å². The molecule has 0 saturated carbocycles. The Morgan fingerprint density at radius 1 is 1.06 bits per heavy atom. The van der Waals surface area contributed by atoms with Gasteiger partial charge < -0.3 is 9.72 Å². The molecule has 0 radical (unpaired) electrons. The summed E-state index contributed by atoms with van der Waals surface area (Å²) < 4.78 is 20.3. The van der Waals surface area contributed by atoms with Crippen molar-refractivity contribution < 1.29 is 13.9 Å². The van der Waals surface area contributed by atoms with Gasteiger partial charge in [-0.3, -0.25) is 19.1 Å². The third kappa shape index (κ3) is 5.26. The van der Waals surface area contributed by atoms with Crippen LogP contribution in [0.25, 0.3) is 5.69 Å². The number of nitrogens with one attached hydrogen (secondary N) is 2. The van der Waals surface area contributed by atoms with Crippen molar-refractivity contribution >= 4 is 17.5 Å². The second-order valence-electron chi connectivity index (χ2n) is 6.94. The Hall–Kier alpha value is -3.99. The fourth-order valence-corrected chi connectivity index (χ4v) is 4.00. The summed E-state index contributed by atoms with van der Waals surface area (Å²) in [5.74, 6) is 0.626. The summed E-state index contributed by atoms with van der Waals surface area (Å²) in [6.45, 7) is 0. The van der Waals surface area contributed by atoms with Crippen molar-refractivity contribution in [3.05, 3.63) is 98.3 Å². The van der Waals surface area contributed by atoms with E-state index in [1.54, 1.807) is 48.1 Å². The number of hydrogen-bond acceptors (Lipinski definition) is 7. The summed E-state index contributed by atoms with van der Waals surface area (Å²) in [4.78, 5) is 40.5. The molecule has 2 N–H and O–H groups in total. The van der Waals surface area contributed by atoms with Crippen LogP contribution in [0.4, 0.5) is 4.39 Å². The van der Waals surface area contributed by atoms with Gasteiger partial charge in [0.15, 0.2) is 10.9 Å². The first kappa shape index (κ1) is 22.2. The van der Waals surface area contributed by atoms with E-state index in [0.29, 0.717) is 33.7 Å². The number of nitrogens with zero attached hydrogens (tertiary/aromatic N) is 3. The van der Waals surface area contributed by atoms with E-state index >= 15 is 0 Å². The lowest BCUT2D eigenvalue weighted by molar-refractivity contribution is 0.102. The number of rotatable bonds is 8. The van der Waals surface area contributed by atoms with Crippen LogP contribution < -0.4 is 16.0 Å². The minimum absolute atomic E-state index is 0.0908. The standard InChI is InChI=1S/C22H18FN5O4S/c1-32-17-8-2-13(3-9-17)18(29)12-33-22-27-26-19(10-15-11-20(30)25-21(31)24-15)28(22)16-6-4-14(23)5-7-16/h2-9,11H,10,12H2,1H3,(H2,24,25,30,31). The highest BCUT2D eigenvalue weighted by atomic mass is 32.2. The van der Waals surface area contributed by atoms with Crippen molar-refractivity contribution in [2.24, 2.45) is 0 Å². The van der Waals surface area contributed by atoms with E-state index in [4.69, 9.17) is 4.74 Å². The summed E-state index contributed by atoms with van der Waals surface area (Å²) in [5.41, 5.74) is 0.261. The number of thioether (sulfide) groups is 1. The molecule has 0 spiro atoms. The van der Waals surface area contributed by atoms with Gasteiger partial charge in [-0.05, 0) is 48.5 Å². The number of ether oxygens (including phenoxy) is 1. The van der Waals surface area contributed by atoms with Gasteiger partial charge in [0.05, 0.1) is 12.9 Å². The van der Waals surface area contributed by atoms with Gasteiger partial charge >= 0.3 is 5.69 Å². The van der Waals surface area contributed by atoms with E-state index in [1.807, 2.05) is 0 Å². The number of carbonyl (C=O) groups is 1. The molecule has 0 bridgehead atoms. The number of ketones is 1. The molecule has 0 amide bonds. The number of aromatic nitrogens is 5. The molecule has 0 aliphatic heterocycles. The van der Waals surface area contributed by atoms with Gasteiger partial charge in [-0.25, -0.2) is 9.18 Å². The first-order chi connectivity index (χ1) is 15.9. The molecule has 0 atom stereocenters. The Labute approximate surface area is 190 Å². The Kier molecular flexibility index (Phi) is 6.50. The fourth-order valence-electron chi connectivity index (χ4n) is 3.13. The zero-order valence-electron chi connectivity index (χ0n) is 17.4. The minimum atomic E-state index is -0.634. The number of aromatic amines is 2. The lowest BCUT2D eigenvalue weighted by Crippen LogP contribution is -2.23. The first-order valence-electron chi connectivity index (χ1n) is 9.76. The minimum Gasteiger partial charge on any atom is -0.497 e. The predicted molar refractivity (Wildman–Crippen MR) is 120 cm³/mol. The fraction of sp³-hybridized carbons (Fsp3) is 0.136. The lowest BCUT2D eigenvalue weighted by atomic mass is 10.1. The van der Waals surface area contributed by atoms with Crippen molar-refractivity contribution in [1.82, 2.24) is 24.7 Å². The van der Waals surface area contributed by atoms with E-state index in [-0.39, 0.29) is 18.0 Å². The summed E-state index contributed by atoms with van der Waals surface area (Å²) >= 11 is 1.17. The predicted octanol–water partition coefficient (Wildman–Crippen LogP) is 2.36. The van der Waals surface area contributed by atoms with Gasteiger partial charge in [0, 0.05) is 29.4 Å². The largest absolute Gasteiger partial charge is 0.497 e. The molecular weight excluding hydrogens is 449 g/mol. The van der Waals surface area contributed by atoms with Crippen LogP contribution in [0.2, 0.25) is 0 Å². The molecule has 9 nitrogen and oxygen atoms in total. The molecule has 4 rings (SSSR count). The highest BCUT2D eigenvalue weighted by molar-refractivity contribution is 7.99. The summed E-state index contributed by atoms with van der Waals surface area (Å²) in [5, 5.41) is 8.77. The van der Waals surface area contributed by atoms with Crippen LogP contribution in [-0.2, 0) is 6.42 Å². The lowest BCUT2D eigenvalue weighted by Gasteiger charge is -2.10. The van der Waals surface area contributed by atoms with Gasteiger partial charge in [0.25, 0.3) is 5.56 Å². The van der Waals surface area contributed by atoms with E-state index in [9.17, 15) is 18.8 Å². The van der Waals surface area contributed by atoms with Crippen LogP contribution in [0.1, 0.15) is 21.9 Å². The maximum atomic E-state index is 13.5. The van der Waals surface area contributed by atoms with E-state index < -0.39 is 17.1 Å². The average molecular weight is 467 g/mol. The van der Waals surface area contributed by atoms with Crippen LogP contribution in [0.3, 0.4) is 0 Å². The van der Waals surface area contributed by atoms with E-state index in [1.165, 1.54) is 30.0 Å². The molecule has 4 aromatic rings. The number of carbonyl (C=O) groups excluding carboxylic acids is 1. The molecule has 0 saturated heterocycles. The highest BCUT2D eigenvalue weighted by Gasteiger charge is 2.18. The van der Waals surface area contributed by atoms with E-state index in [2.05, 4.69) is 20.2 Å². The van der Waals surface area contributed by atoms with E-state index in [0.717, 1.165) is 0 Å². The molecule has 2 aromatic carbocycles. The van der Waals surface area contributed by atoms with Crippen LogP contribution in [0.15, 0.2) is 69.3 Å². The van der Waals surface area contributed by atoms with Crippen LogP contribution >= 0.6 is 11.8 Å². The molecule has 2 aromatic heterocycles. The third-order valence-corrected chi connectivity index (χ3v) is 5.62. The summed E-state index contributed by atoms with van der Waals surface area (Å²) in [7, 11) is 1.55. The monoisotopic (exact) mass is 467 g/mol. The van der Waals surface area contributed by atoms with Crippen LogP contribution in [0.5, 0.6) is 5.75 Å². The smallest absolute Gasteiger partial charge is 0.325 e. The van der Waals surface area contributed by atoms with Crippen molar-refractivity contribution in [1.29, 1.82) is 0 Å². The molecule has 0 aliphatic carbocycles. The van der Waals surface area contributed by atoms with Gasteiger partial charge in [-0.2, -0.15) is 0 Å². The van der Waals surface area contributed by atoms with Gasteiger partial charge in [0.2, 0.25) is 0 Å². The van der Waals surface area contributed by atoms with Gasteiger partial charge in [-0.15, -0.1) is 10.2 Å². The number of hydrogen-bond donors (Lipinski definition) is 2. The molecule has 0 fully saturated rings. The highest BCUT2D eigenvalue weighted by Crippen LogP contribution is 2.24. The molecule has 33 heavy (non-hydrogen) atoms. The zero-order valence-corrected chi connectivity index (χ0v) is 18.2. The zero-order chi connectivity index (χ0) is 23.4. The first-order valence-corrected chi connectivity index (χ1v) is 10.7. The van der Waals surface area contributed by atoms with Gasteiger partial charge in [-0.1, -0.05) is 11.8 Å². The number of halogens is 1. The second kappa shape index (κ2) is 9.65. The maximum Gasteiger partial charge on any atom is 0.325 e. The van der Waals surface area contributed by atoms with Crippen LogP contribution in [0, 0.1) is 5.82 Å². The van der Waals surface area contributed by atoms with Gasteiger partial charge in [0.1, 0.15) is 17.4 Å². The number of Topliss-reactive ketones (excluding diaryl/α,β-unsaturated/α-hetero) is 1. The Morgan fingerprint density at radius 2 is 1.79 bits per heavy atom. The Morgan fingerprint density at radius 3 is 2.45 bits per heavy atom. The summed E-state index contributed by atoms with van der Waals surface area (Å²) in [6, 6.07) is 13.7. The number of H-pyrrole nitrogens is 2. The quantitative estimate of drug-likeness (QED) is 0.301. The van der Waals surface area contributed by atoms with Crippen molar-refractivity contribution in [2.45, 2.75) is 11.6 Å². The molecular formula is C22H18FN5O4S. The van der Waals surface area contributed by atoms with Crippen molar-refractivity contribution in [3.8, 4) is 11.4 Å². The normalized spacial score (nSPS) is 10.8. The average Bonchev–Trinajstić information content (AvgIpc) is 3.19. The van der Waals surface area contributed by atoms with Crippen molar-refractivity contribution in [2.75, 3.05) is 12.9 Å².